The van der Waals surface area contributed by atoms with Crippen molar-refractivity contribution in [3.05, 3.63) is 23.8 Å². The normalized spacial score (nSPS) is 29.5. The van der Waals surface area contributed by atoms with E-state index in [0.29, 0.717) is 31.1 Å². The van der Waals surface area contributed by atoms with E-state index in [1.165, 1.54) is 0 Å². The maximum atomic E-state index is 13.3. The van der Waals surface area contributed by atoms with E-state index >= 15 is 0 Å². The van der Waals surface area contributed by atoms with Crippen molar-refractivity contribution in [1.29, 1.82) is 0 Å². The molecule has 9 heteroatoms. The molecule has 146 valence electrons. The summed E-state index contributed by atoms with van der Waals surface area (Å²) in [4.78, 5) is 24.9. The van der Waals surface area contributed by atoms with Crippen molar-refractivity contribution in [3.8, 4) is 11.5 Å². The van der Waals surface area contributed by atoms with Crippen LogP contribution >= 0.6 is 0 Å². The minimum Gasteiger partial charge on any atom is -0.486 e. The van der Waals surface area contributed by atoms with E-state index in [1.54, 1.807) is 12.1 Å². The highest BCUT2D eigenvalue weighted by Gasteiger charge is 2.65. The van der Waals surface area contributed by atoms with Gasteiger partial charge >= 0.3 is 12.1 Å². The third-order valence-corrected chi connectivity index (χ3v) is 5.63. The number of fused-ring (bicyclic) bond motifs is 1. The van der Waals surface area contributed by atoms with Crippen LogP contribution in [0.2, 0.25) is 0 Å². The third kappa shape index (κ3) is 2.89. The molecule has 1 saturated heterocycles. The molecule has 1 aromatic carbocycles. The molecular formula is C18H18F3NO5. The molecule has 2 heterocycles. The minimum atomic E-state index is -4.90. The number of amides is 1. The van der Waals surface area contributed by atoms with Crippen LogP contribution in [0.4, 0.5) is 13.2 Å². The fourth-order valence-electron chi connectivity index (χ4n) is 3.89. The van der Waals surface area contributed by atoms with Crippen LogP contribution in [0, 0.1) is 11.3 Å². The lowest BCUT2D eigenvalue weighted by molar-refractivity contribution is -0.227. The van der Waals surface area contributed by atoms with Gasteiger partial charge in [0.1, 0.15) is 13.2 Å². The average molecular weight is 385 g/mol. The Labute approximate surface area is 152 Å². The third-order valence-electron chi connectivity index (χ3n) is 5.63. The van der Waals surface area contributed by atoms with Gasteiger partial charge in [-0.25, -0.2) is 0 Å². The molecule has 0 aromatic heterocycles. The predicted molar refractivity (Wildman–Crippen MR) is 85.6 cm³/mol. The summed E-state index contributed by atoms with van der Waals surface area (Å²) in [6.45, 7) is -0.119. The molecule has 3 unspecified atom stereocenters. The molecule has 3 aliphatic rings. The van der Waals surface area contributed by atoms with Crippen LogP contribution < -0.4 is 9.47 Å². The number of carboxylic acids is 1. The molecule has 27 heavy (non-hydrogen) atoms. The number of alkyl halides is 3. The van der Waals surface area contributed by atoms with Gasteiger partial charge in [0.05, 0.1) is 0 Å². The first-order valence-corrected chi connectivity index (χ1v) is 8.71. The quantitative estimate of drug-likeness (QED) is 0.865. The van der Waals surface area contributed by atoms with Crippen LogP contribution in [0.3, 0.4) is 0 Å². The molecule has 0 spiro atoms. The molecule has 1 amide bonds. The number of carbonyl (C=O) groups excluding carboxylic acids is 1. The van der Waals surface area contributed by atoms with E-state index in [4.69, 9.17) is 14.6 Å². The summed E-state index contributed by atoms with van der Waals surface area (Å²) < 4.78 is 50.8. The molecule has 2 fully saturated rings. The number of likely N-dealkylation sites (tertiary alicyclic amines) is 1. The van der Waals surface area contributed by atoms with E-state index in [2.05, 4.69) is 0 Å². The first kappa shape index (κ1) is 17.9. The van der Waals surface area contributed by atoms with E-state index in [9.17, 15) is 22.8 Å². The molecule has 2 aliphatic heterocycles. The summed E-state index contributed by atoms with van der Waals surface area (Å²) in [5, 5.41) is 9.11. The number of halogens is 3. The van der Waals surface area contributed by atoms with Gasteiger partial charge in [-0.15, -0.1) is 0 Å². The Morgan fingerprint density at radius 1 is 1.19 bits per heavy atom. The largest absolute Gasteiger partial charge is 0.486 e. The monoisotopic (exact) mass is 385 g/mol. The number of carbonyl (C=O) groups is 2. The highest BCUT2D eigenvalue weighted by Crippen LogP contribution is 2.52. The van der Waals surface area contributed by atoms with Crippen molar-refractivity contribution in [2.24, 2.45) is 11.3 Å². The second-order valence-electron chi connectivity index (χ2n) is 7.25. The van der Waals surface area contributed by atoms with Crippen LogP contribution in [-0.2, 0) is 9.59 Å². The van der Waals surface area contributed by atoms with Gasteiger partial charge in [0, 0.05) is 19.0 Å². The van der Waals surface area contributed by atoms with Crippen LogP contribution in [-0.4, -0.2) is 54.4 Å². The number of carboxylic acid groups (broad SMARTS) is 1. The molecule has 0 bridgehead atoms. The van der Waals surface area contributed by atoms with Crippen molar-refractivity contribution < 1.29 is 37.3 Å². The minimum absolute atomic E-state index is 0.0981. The lowest BCUT2D eigenvalue weighted by Crippen LogP contribution is -2.48. The van der Waals surface area contributed by atoms with Gasteiger partial charge in [-0.3, -0.25) is 9.59 Å². The molecule has 1 aromatic rings. The molecule has 3 atom stereocenters. The second-order valence-corrected chi connectivity index (χ2v) is 7.25. The Morgan fingerprint density at radius 3 is 2.52 bits per heavy atom. The van der Waals surface area contributed by atoms with E-state index in [-0.39, 0.29) is 12.5 Å². The molecule has 4 rings (SSSR count). The number of hydrogen-bond donors (Lipinski definition) is 1. The smallest absolute Gasteiger partial charge is 0.406 e. The van der Waals surface area contributed by atoms with Crippen molar-refractivity contribution in [2.45, 2.75) is 24.9 Å². The van der Waals surface area contributed by atoms with Crippen molar-refractivity contribution in [2.75, 3.05) is 26.3 Å². The van der Waals surface area contributed by atoms with Crippen LogP contribution in [0.25, 0.3) is 0 Å². The molecular weight excluding hydrogens is 367 g/mol. The van der Waals surface area contributed by atoms with Gasteiger partial charge in [-0.05, 0) is 36.5 Å². The Bertz CT molecular complexity index is 796. The second kappa shape index (κ2) is 6.03. The van der Waals surface area contributed by atoms with Gasteiger partial charge in [0.2, 0.25) is 5.91 Å². The topological polar surface area (TPSA) is 76.1 Å². The zero-order chi connectivity index (χ0) is 19.4. The maximum absolute atomic E-state index is 13.3. The van der Waals surface area contributed by atoms with Gasteiger partial charge in [0.25, 0.3) is 0 Å². The van der Waals surface area contributed by atoms with Crippen molar-refractivity contribution in [1.82, 2.24) is 4.90 Å². The first-order valence-electron chi connectivity index (χ1n) is 8.71. The Morgan fingerprint density at radius 2 is 1.89 bits per heavy atom. The first-order chi connectivity index (χ1) is 12.7. The fraction of sp³-hybridized carbons (Fsp3) is 0.556. The van der Waals surface area contributed by atoms with Crippen molar-refractivity contribution >= 4 is 11.9 Å². The summed E-state index contributed by atoms with van der Waals surface area (Å²) in [5.74, 6) is -1.64. The lowest BCUT2D eigenvalue weighted by atomic mass is 9.86. The zero-order valence-corrected chi connectivity index (χ0v) is 14.3. The summed E-state index contributed by atoms with van der Waals surface area (Å²) in [7, 11) is 0. The van der Waals surface area contributed by atoms with Crippen LogP contribution in [0.1, 0.15) is 24.3 Å². The highest BCUT2D eigenvalue weighted by atomic mass is 19.4. The number of ether oxygens (including phenoxy) is 2. The molecule has 0 radical (unpaired) electrons. The Balaban J connectivity index is 1.46. The van der Waals surface area contributed by atoms with Gasteiger partial charge < -0.3 is 19.5 Å². The molecule has 6 nitrogen and oxygen atoms in total. The average Bonchev–Trinajstić information content (AvgIpc) is 3.28. The summed E-state index contributed by atoms with van der Waals surface area (Å²) >= 11 is 0. The van der Waals surface area contributed by atoms with Crippen LogP contribution in [0.5, 0.6) is 11.5 Å². The van der Waals surface area contributed by atoms with Gasteiger partial charge in [0.15, 0.2) is 16.9 Å². The fourth-order valence-corrected chi connectivity index (χ4v) is 3.89. The molecule has 1 saturated carbocycles. The summed E-state index contributed by atoms with van der Waals surface area (Å²) in [6, 6.07) is 5.39. The van der Waals surface area contributed by atoms with E-state index < -0.39 is 42.4 Å². The van der Waals surface area contributed by atoms with Crippen LogP contribution in [0.15, 0.2) is 18.2 Å². The lowest BCUT2D eigenvalue weighted by Gasteiger charge is -2.27. The van der Waals surface area contributed by atoms with E-state index in [0.717, 1.165) is 10.5 Å². The van der Waals surface area contributed by atoms with E-state index in [1.807, 2.05) is 6.07 Å². The SMILES string of the molecule is O=C(C1CC1c1ccc2c(c1)OCCO2)N1CCC(C(=O)O)(C(F)(F)F)C1. The Kier molecular flexibility index (Phi) is 4.01. The summed E-state index contributed by atoms with van der Waals surface area (Å²) in [5.41, 5.74) is -2.00. The molecule has 1 aliphatic carbocycles. The highest BCUT2D eigenvalue weighted by molar-refractivity contribution is 5.85. The summed E-state index contributed by atoms with van der Waals surface area (Å²) in [6.07, 6.45) is -4.98. The standard InChI is InChI=1S/C18H18F3NO5/c19-18(20,21)17(16(24)25)3-4-22(9-17)15(23)12-8-11(12)10-1-2-13-14(7-10)27-6-5-26-13/h1-2,7,11-12H,3-6,8-9H2,(H,24,25). The van der Waals surface area contributed by atoms with Gasteiger partial charge in [-0.2, -0.15) is 13.2 Å². The van der Waals surface area contributed by atoms with Crippen molar-refractivity contribution in [3.63, 3.8) is 0 Å². The maximum Gasteiger partial charge on any atom is 0.406 e. The number of rotatable bonds is 3. The Hall–Kier alpha value is -2.45. The predicted octanol–water partition coefficient (Wildman–Crippen LogP) is 2.43. The molecule has 1 N–H and O–H groups in total. The number of nitrogens with zero attached hydrogens (tertiary/aromatic N) is 1. The number of aliphatic carboxylic acids is 1. The number of hydrogen-bond acceptors (Lipinski definition) is 4. The number of benzene rings is 1. The zero-order valence-electron chi connectivity index (χ0n) is 14.3. The van der Waals surface area contributed by atoms with Gasteiger partial charge in [-0.1, -0.05) is 6.07 Å².